The zero-order chi connectivity index (χ0) is 19.5. The maximum absolute atomic E-state index is 12.9. The van der Waals surface area contributed by atoms with E-state index in [0.717, 1.165) is 4.31 Å². The lowest BCUT2D eigenvalue weighted by molar-refractivity contribution is -0.119. The molecule has 1 heterocycles. The van der Waals surface area contributed by atoms with Crippen LogP contribution in [0.2, 0.25) is 0 Å². The zero-order valence-corrected chi connectivity index (χ0v) is 16.0. The van der Waals surface area contributed by atoms with Gasteiger partial charge in [-0.3, -0.25) is 4.79 Å². The maximum atomic E-state index is 12.9. The van der Waals surface area contributed by atoms with Crippen LogP contribution >= 0.6 is 0 Å². The summed E-state index contributed by atoms with van der Waals surface area (Å²) in [6.45, 7) is 1.53. The molecule has 1 aromatic carbocycles. The van der Waals surface area contributed by atoms with E-state index in [-0.39, 0.29) is 30.4 Å². The Kier molecular flexibility index (Phi) is 6.40. The Balaban J connectivity index is 2.28. The quantitative estimate of drug-likeness (QED) is 0.496. The van der Waals surface area contributed by atoms with Crippen molar-refractivity contribution in [1.29, 1.82) is 0 Å². The van der Waals surface area contributed by atoms with E-state index in [9.17, 15) is 26.7 Å². The third kappa shape index (κ3) is 4.80. The molecule has 1 amide bonds. The van der Waals surface area contributed by atoms with Crippen molar-refractivity contribution in [3.63, 3.8) is 0 Å². The topological polar surface area (TPSA) is 147 Å². The predicted octanol–water partition coefficient (Wildman–Crippen LogP) is -1.57. The molecule has 146 valence electrons. The van der Waals surface area contributed by atoms with Crippen LogP contribution < -0.4 is 11.1 Å². The van der Waals surface area contributed by atoms with Gasteiger partial charge in [-0.25, -0.2) is 16.8 Å². The molecule has 0 bridgehead atoms. The largest absolute Gasteiger partial charge is 0.390 e. The molecule has 0 aliphatic carbocycles. The number of amides is 1. The first-order chi connectivity index (χ1) is 12.1. The Hall–Kier alpha value is -1.53. The van der Waals surface area contributed by atoms with Gasteiger partial charge in [0.25, 0.3) is 0 Å². The Labute approximate surface area is 153 Å². The van der Waals surface area contributed by atoms with E-state index in [1.54, 1.807) is 12.1 Å². The molecule has 11 heteroatoms. The number of sulfone groups is 1. The first-order valence-corrected chi connectivity index (χ1v) is 11.3. The van der Waals surface area contributed by atoms with Crippen LogP contribution in [0.5, 0.6) is 0 Å². The molecular formula is C15H23N3O6S2. The van der Waals surface area contributed by atoms with Gasteiger partial charge in [-0.15, -0.1) is 0 Å². The van der Waals surface area contributed by atoms with Gasteiger partial charge in [-0.1, -0.05) is 12.1 Å². The van der Waals surface area contributed by atoms with E-state index in [0.29, 0.717) is 5.56 Å². The van der Waals surface area contributed by atoms with Crippen LogP contribution in [0.15, 0.2) is 29.2 Å². The number of hydrogen-bond acceptors (Lipinski definition) is 7. The summed E-state index contributed by atoms with van der Waals surface area (Å²) in [5, 5.41) is 12.6. The highest BCUT2D eigenvalue weighted by Gasteiger charge is 2.44. The van der Waals surface area contributed by atoms with Crippen molar-refractivity contribution in [2.45, 2.75) is 30.5 Å². The number of nitrogens with two attached hydrogens (primary N) is 1. The number of nitrogens with one attached hydrogen (secondary N) is 1. The van der Waals surface area contributed by atoms with Crippen LogP contribution in [0, 0.1) is 0 Å². The fourth-order valence-electron chi connectivity index (χ4n) is 2.82. The first-order valence-electron chi connectivity index (χ1n) is 8.00. The molecule has 1 saturated heterocycles. The minimum Gasteiger partial charge on any atom is -0.390 e. The van der Waals surface area contributed by atoms with Crippen molar-refractivity contribution in [2.75, 3.05) is 24.6 Å². The predicted molar refractivity (Wildman–Crippen MR) is 95.4 cm³/mol. The van der Waals surface area contributed by atoms with Gasteiger partial charge < -0.3 is 16.2 Å². The Morgan fingerprint density at radius 1 is 1.31 bits per heavy atom. The number of carbonyl (C=O) groups is 1. The molecule has 1 aliphatic rings. The lowest BCUT2D eigenvalue weighted by atomic mass is 10.2. The van der Waals surface area contributed by atoms with Crippen molar-refractivity contribution < 1.29 is 26.7 Å². The highest BCUT2D eigenvalue weighted by molar-refractivity contribution is 7.92. The van der Waals surface area contributed by atoms with E-state index >= 15 is 0 Å². The number of hydrogen-bond donors (Lipinski definition) is 3. The number of carbonyl (C=O) groups excluding carboxylic acids is 1. The number of aliphatic hydroxyl groups excluding tert-OH is 1. The van der Waals surface area contributed by atoms with Gasteiger partial charge in [-0.2, -0.15) is 4.31 Å². The molecule has 0 aromatic heterocycles. The van der Waals surface area contributed by atoms with Crippen LogP contribution in [0.4, 0.5) is 0 Å². The second kappa shape index (κ2) is 8.01. The van der Waals surface area contributed by atoms with Gasteiger partial charge in [-0.05, 0) is 17.7 Å². The van der Waals surface area contributed by atoms with Gasteiger partial charge in [0, 0.05) is 26.6 Å². The minimum absolute atomic E-state index is 0.0108. The SMILES string of the molecule is CC(=O)NCc1ccc(S(=O)(=O)N(CCN)[C@H]2CS(=O)(=O)C[C@@H]2O)cc1. The van der Waals surface area contributed by atoms with Crippen LogP contribution in [-0.2, 0) is 31.2 Å². The van der Waals surface area contributed by atoms with E-state index in [1.807, 2.05) is 0 Å². The second-order valence-electron chi connectivity index (χ2n) is 6.17. The van der Waals surface area contributed by atoms with Crippen molar-refractivity contribution in [3.05, 3.63) is 29.8 Å². The lowest BCUT2D eigenvalue weighted by Crippen LogP contribution is -2.48. The standard InChI is InChI=1S/C15H23N3O6S2/c1-11(19)17-8-12-2-4-13(5-3-12)26(23,24)18(7-6-16)14-9-25(21,22)10-15(14)20/h2-5,14-15,20H,6-10,16H2,1H3,(H,17,19)/t14-,15-/m0/s1. The summed E-state index contributed by atoms with van der Waals surface area (Å²) in [7, 11) is -7.55. The second-order valence-corrected chi connectivity index (χ2v) is 10.2. The first kappa shape index (κ1) is 20.8. The molecule has 1 aromatic rings. The number of nitrogens with zero attached hydrogens (tertiary/aromatic N) is 1. The Morgan fingerprint density at radius 2 is 1.92 bits per heavy atom. The van der Waals surface area contributed by atoms with Gasteiger partial charge in [0.05, 0.1) is 28.5 Å². The molecule has 4 N–H and O–H groups in total. The normalized spacial score (nSPS) is 22.5. The number of sulfonamides is 1. The van der Waals surface area contributed by atoms with Gasteiger partial charge in [0.1, 0.15) is 0 Å². The molecule has 26 heavy (non-hydrogen) atoms. The summed E-state index contributed by atoms with van der Waals surface area (Å²) in [6.07, 6.45) is -1.29. The van der Waals surface area contributed by atoms with Gasteiger partial charge in [0.2, 0.25) is 15.9 Å². The van der Waals surface area contributed by atoms with Crippen molar-refractivity contribution in [1.82, 2.24) is 9.62 Å². The lowest BCUT2D eigenvalue weighted by Gasteiger charge is -2.29. The van der Waals surface area contributed by atoms with Gasteiger partial charge in [0.15, 0.2) is 9.84 Å². The molecule has 1 aliphatic heterocycles. The molecule has 0 radical (unpaired) electrons. The van der Waals surface area contributed by atoms with Crippen molar-refractivity contribution in [3.8, 4) is 0 Å². The van der Waals surface area contributed by atoms with E-state index in [1.165, 1.54) is 19.1 Å². The van der Waals surface area contributed by atoms with E-state index in [4.69, 9.17) is 5.73 Å². The van der Waals surface area contributed by atoms with E-state index in [2.05, 4.69) is 5.32 Å². The molecule has 1 fully saturated rings. The summed E-state index contributed by atoms with van der Waals surface area (Å²) < 4.78 is 50.3. The summed E-state index contributed by atoms with van der Waals surface area (Å²) >= 11 is 0. The maximum Gasteiger partial charge on any atom is 0.243 e. The molecular weight excluding hydrogens is 382 g/mol. The molecule has 0 unspecified atom stereocenters. The van der Waals surface area contributed by atoms with Crippen molar-refractivity contribution in [2.24, 2.45) is 5.73 Å². The Morgan fingerprint density at radius 3 is 2.38 bits per heavy atom. The third-order valence-corrected chi connectivity index (χ3v) is 7.72. The minimum atomic E-state index is -4.04. The molecule has 0 saturated carbocycles. The average molecular weight is 405 g/mol. The average Bonchev–Trinajstić information content (AvgIpc) is 2.83. The monoisotopic (exact) mass is 405 g/mol. The van der Waals surface area contributed by atoms with E-state index < -0.39 is 43.5 Å². The zero-order valence-electron chi connectivity index (χ0n) is 14.3. The van der Waals surface area contributed by atoms with Crippen LogP contribution in [0.1, 0.15) is 12.5 Å². The molecule has 9 nitrogen and oxygen atoms in total. The number of benzene rings is 1. The fourth-order valence-corrected chi connectivity index (χ4v) is 6.38. The Bertz CT molecular complexity index is 852. The molecule has 0 spiro atoms. The number of aliphatic hydroxyl groups is 1. The van der Waals surface area contributed by atoms with Crippen LogP contribution in [0.3, 0.4) is 0 Å². The van der Waals surface area contributed by atoms with Crippen molar-refractivity contribution >= 4 is 25.8 Å². The summed E-state index contributed by atoms with van der Waals surface area (Å²) in [5.41, 5.74) is 6.22. The summed E-state index contributed by atoms with van der Waals surface area (Å²) in [6, 6.07) is 4.82. The van der Waals surface area contributed by atoms with Gasteiger partial charge >= 0.3 is 0 Å². The fraction of sp³-hybridized carbons (Fsp3) is 0.533. The molecule has 2 rings (SSSR count). The third-order valence-electron chi connectivity index (χ3n) is 4.08. The van der Waals surface area contributed by atoms with Crippen LogP contribution in [-0.4, -0.2) is 68.9 Å². The highest BCUT2D eigenvalue weighted by atomic mass is 32.2. The molecule has 2 atom stereocenters. The summed E-state index contributed by atoms with van der Waals surface area (Å²) in [5.74, 6) is -1.11. The summed E-state index contributed by atoms with van der Waals surface area (Å²) in [4.78, 5) is 10.9. The van der Waals surface area contributed by atoms with Crippen LogP contribution in [0.25, 0.3) is 0 Å². The highest BCUT2D eigenvalue weighted by Crippen LogP contribution is 2.25. The number of rotatable bonds is 7. The smallest absolute Gasteiger partial charge is 0.243 e.